The van der Waals surface area contributed by atoms with Crippen LogP contribution in [0.5, 0.6) is 0 Å². The minimum absolute atomic E-state index is 0.0721. The van der Waals surface area contributed by atoms with Crippen LogP contribution in [0.15, 0.2) is 60.7 Å². The molecule has 0 aromatic heterocycles. The maximum absolute atomic E-state index is 7.25. The largest absolute Gasteiger partial charge is 0.404 e. The summed E-state index contributed by atoms with van der Waals surface area (Å²) in [6.07, 6.45) is 5.25. The van der Waals surface area contributed by atoms with E-state index < -0.39 is 8.32 Å². The van der Waals surface area contributed by atoms with Crippen LogP contribution >= 0.6 is 0 Å². The van der Waals surface area contributed by atoms with E-state index in [2.05, 4.69) is 95.3 Å². The van der Waals surface area contributed by atoms with Gasteiger partial charge in [-0.3, -0.25) is 0 Å². The Kier molecular flexibility index (Phi) is 5.46. The van der Waals surface area contributed by atoms with Crippen LogP contribution < -0.4 is 10.4 Å². The lowest BCUT2D eigenvalue weighted by Crippen LogP contribution is -2.67. The average molecular weight is 367 g/mol. The van der Waals surface area contributed by atoms with E-state index in [-0.39, 0.29) is 5.04 Å². The van der Waals surface area contributed by atoms with Crippen molar-refractivity contribution in [1.82, 2.24) is 0 Å². The number of hydrogen-bond acceptors (Lipinski definition) is 1. The van der Waals surface area contributed by atoms with Gasteiger partial charge in [-0.25, -0.2) is 0 Å². The first-order chi connectivity index (χ1) is 12.2. The maximum Gasteiger partial charge on any atom is 0.261 e. The molecule has 1 saturated carbocycles. The minimum Gasteiger partial charge on any atom is -0.404 e. The molecule has 0 bridgehead atoms. The Morgan fingerprint density at radius 1 is 0.808 bits per heavy atom. The Hall–Kier alpha value is -1.38. The molecule has 0 heterocycles. The summed E-state index contributed by atoms with van der Waals surface area (Å²) in [6.45, 7) is 11.9. The molecule has 0 radical (unpaired) electrons. The van der Waals surface area contributed by atoms with Crippen LogP contribution in [0.25, 0.3) is 0 Å². The highest BCUT2D eigenvalue weighted by atomic mass is 28.4. The van der Waals surface area contributed by atoms with Crippen molar-refractivity contribution in [2.24, 2.45) is 5.41 Å². The lowest BCUT2D eigenvalue weighted by atomic mass is 9.76. The molecule has 2 aromatic rings. The second kappa shape index (κ2) is 7.32. The SMILES string of the molecule is CC1(C)CCC(O[Si](c2ccccc2)(c2ccccc2)C(C)(C)C)CC1. The van der Waals surface area contributed by atoms with Crippen molar-refractivity contribution in [2.75, 3.05) is 0 Å². The van der Waals surface area contributed by atoms with Gasteiger partial charge >= 0.3 is 0 Å². The molecule has 0 atom stereocenters. The van der Waals surface area contributed by atoms with Crippen molar-refractivity contribution in [3.05, 3.63) is 60.7 Å². The molecule has 1 aliphatic carbocycles. The molecular weight excluding hydrogens is 332 g/mol. The molecule has 1 nitrogen and oxygen atoms in total. The van der Waals surface area contributed by atoms with Gasteiger partial charge in [-0.05, 0) is 46.5 Å². The van der Waals surface area contributed by atoms with Crippen molar-refractivity contribution >= 4 is 18.7 Å². The standard InChI is InChI=1S/C24H34OSi/c1-23(2,3)26(21-12-8-6-9-13-21,22-14-10-7-11-15-22)25-20-16-18-24(4,5)19-17-20/h6-15,20H,16-19H2,1-5H3. The Labute approximate surface area is 160 Å². The zero-order valence-corrected chi connectivity index (χ0v) is 18.1. The summed E-state index contributed by atoms with van der Waals surface area (Å²) < 4.78 is 7.25. The third kappa shape index (κ3) is 3.82. The third-order valence-electron chi connectivity index (χ3n) is 6.05. The first-order valence-electron chi connectivity index (χ1n) is 10.0. The lowest BCUT2D eigenvalue weighted by Gasteiger charge is -2.47. The molecule has 0 unspecified atom stereocenters. The van der Waals surface area contributed by atoms with Gasteiger partial charge in [-0.2, -0.15) is 0 Å². The zero-order valence-electron chi connectivity index (χ0n) is 17.1. The van der Waals surface area contributed by atoms with Crippen LogP contribution in [0.3, 0.4) is 0 Å². The Balaban J connectivity index is 2.06. The molecule has 2 heteroatoms. The molecule has 1 fully saturated rings. The highest BCUT2D eigenvalue weighted by Crippen LogP contribution is 2.42. The Morgan fingerprint density at radius 2 is 1.23 bits per heavy atom. The smallest absolute Gasteiger partial charge is 0.261 e. The highest BCUT2D eigenvalue weighted by molar-refractivity contribution is 6.99. The predicted octanol–water partition coefficient (Wildman–Crippen LogP) is 5.53. The molecule has 0 spiro atoms. The summed E-state index contributed by atoms with van der Waals surface area (Å²) in [5.74, 6) is 0. The second-order valence-electron chi connectivity index (χ2n) is 9.64. The summed E-state index contributed by atoms with van der Waals surface area (Å²) in [6, 6.07) is 22.0. The van der Waals surface area contributed by atoms with Crippen LogP contribution in [-0.2, 0) is 4.43 Å². The van der Waals surface area contributed by atoms with Crippen LogP contribution in [-0.4, -0.2) is 14.4 Å². The molecule has 0 saturated heterocycles. The first-order valence-corrected chi connectivity index (χ1v) is 11.9. The van der Waals surface area contributed by atoms with Crippen molar-refractivity contribution in [3.8, 4) is 0 Å². The average Bonchev–Trinajstić information content (AvgIpc) is 2.61. The monoisotopic (exact) mass is 366 g/mol. The molecule has 26 heavy (non-hydrogen) atoms. The molecule has 0 aliphatic heterocycles. The Bertz CT molecular complexity index is 650. The molecule has 0 N–H and O–H groups in total. The van der Waals surface area contributed by atoms with Gasteiger partial charge in [-0.15, -0.1) is 0 Å². The maximum atomic E-state index is 7.25. The van der Waals surface area contributed by atoms with E-state index >= 15 is 0 Å². The van der Waals surface area contributed by atoms with Crippen molar-refractivity contribution < 1.29 is 4.43 Å². The fourth-order valence-corrected chi connectivity index (χ4v) is 9.18. The normalized spacial score (nSPS) is 18.7. The fourth-order valence-electron chi connectivity index (χ4n) is 4.43. The van der Waals surface area contributed by atoms with Gasteiger partial charge in [-0.1, -0.05) is 95.3 Å². The van der Waals surface area contributed by atoms with E-state index in [9.17, 15) is 0 Å². The zero-order chi connectivity index (χ0) is 18.8. The Morgan fingerprint density at radius 3 is 1.62 bits per heavy atom. The summed E-state index contributed by atoms with van der Waals surface area (Å²) in [5, 5.41) is 2.86. The van der Waals surface area contributed by atoms with Crippen molar-refractivity contribution in [2.45, 2.75) is 71.4 Å². The number of hydrogen-bond donors (Lipinski definition) is 0. The quantitative estimate of drug-likeness (QED) is 0.646. The van der Waals surface area contributed by atoms with Crippen LogP contribution in [0.1, 0.15) is 60.3 Å². The van der Waals surface area contributed by atoms with Gasteiger partial charge in [0.15, 0.2) is 0 Å². The molecule has 1 aliphatic rings. The van der Waals surface area contributed by atoms with Gasteiger partial charge in [0.25, 0.3) is 8.32 Å². The summed E-state index contributed by atoms with van der Waals surface area (Å²) in [5.41, 5.74) is 0.464. The fraction of sp³-hybridized carbons (Fsp3) is 0.500. The van der Waals surface area contributed by atoms with Crippen molar-refractivity contribution in [3.63, 3.8) is 0 Å². The summed E-state index contributed by atoms with van der Waals surface area (Å²) in [7, 11) is -2.38. The van der Waals surface area contributed by atoms with Gasteiger partial charge < -0.3 is 4.43 Å². The third-order valence-corrected chi connectivity index (χ3v) is 11.1. The van der Waals surface area contributed by atoms with Crippen LogP contribution in [0.4, 0.5) is 0 Å². The van der Waals surface area contributed by atoms with E-state index in [1.54, 1.807) is 0 Å². The van der Waals surface area contributed by atoms with Gasteiger partial charge in [0.1, 0.15) is 0 Å². The van der Waals surface area contributed by atoms with E-state index in [0.29, 0.717) is 11.5 Å². The van der Waals surface area contributed by atoms with Gasteiger partial charge in [0.2, 0.25) is 0 Å². The number of rotatable bonds is 4. The lowest BCUT2D eigenvalue weighted by molar-refractivity contribution is 0.0909. The molecule has 3 rings (SSSR count). The van der Waals surface area contributed by atoms with E-state index in [1.165, 1.54) is 36.1 Å². The highest BCUT2D eigenvalue weighted by Gasteiger charge is 2.51. The van der Waals surface area contributed by atoms with Crippen LogP contribution in [0.2, 0.25) is 5.04 Å². The molecule has 2 aromatic carbocycles. The summed E-state index contributed by atoms with van der Waals surface area (Å²) in [4.78, 5) is 0. The van der Waals surface area contributed by atoms with Gasteiger partial charge in [0, 0.05) is 6.10 Å². The molecule has 140 valence electrons. The van der Waals surface area contributed by atoms with E-state index in [1.807, 2.05) is 0 Å². The number of benzene rings is 2. The van der Waals surface area contributed by atoms with Gasteiger partial charge in [0.05, 0.1) is 0 Å². The van der Waals surface area contributed by atoms with Crippen molar-refractivity contribution in [1.29, 1.82) is 0 Å². The van der Waals surface area contributed by atoms with E-state index in [4.69, 9.17) is 4.43 Å². The predicted molar refractivity (Wildman–Crippen MR) is 115 cm³/mol. The van der Waals surface area contributed by atoms with Crippen LogP contribution in [0, 0.1) is 5.41 Å². The first kappa shape index (κ1) is 19.4. The molecular formula is C24H34OSi. The summed E-state index contributed by atoms with van der Waals surface area (Å²) >= 11 is 0. The minimum atomic E-state index is -2.38. The topological polar surface area (TPSA) is 9.23 Å². The second-order valence-corrected chi connectivity index (χ2v) is 13.9. The molecule has 0 amide bonds. The van der Waals surface area contributed by atoms with E-state index in [0.717, 1.165) is 0 Å².